The van der Waals surface area contributed by atoms with Gasteiger partial charge >= 0.3 is 6.03 Å². The minimum atomic E-state index is -0.344. The lowest BCUT2D eigenvalue weighted by atomic mass is 9.85. The van der Waals surface area contributed by atoms with E-state index in [0.29, 0.717) is 42.5 Å². The van der Waals surface area contributed by atoms with Crippen LogP contribution < -0.4 is 14.8 Å². The van der Waals surface area contributed by atoms with E-state index in [9.17, 15) is 9.18 Å². The van der Waals surface area contributed by atoms with Gasteiger partial charge in [0.15, 0.2) is 0 Å². The van der Waals surface area contributed by atoms with E-state index >= 15 is 0 Å². The first-order chi connectivity index (χ1) is 13.6. The molecule has 0 spiro atoms. The summed E-state index contributed by atoms with van der Waals surface area (Å²) in [4.78, 5) is 14.9. The number of nitrogens with zero attached hydrogens (tertiary/aromatic N) is 1. The maximum absolute atomic E-state index is 14.0. The maximum atomic E-state index is 14.0. The van der Waals surface area contributed by atoms with Crippen molar-refractivity contribution < 1.29 is 23.4 Å². The van der Waals surface area contributed by atoms with Crippen LogP contribution in [0.15, 0.2) is 42.5 Å². The molecule has 0 unspecified atom stereocenters. The summed E-state index contributed by atoms with van der Waals surface area (Å²) < 4.78 is 30.5. The molecule has 2 heterocycles. The van der Waals surface area contributed by atoms with E-state index in [-0.39, 0.29) is 29.7 Å². The molecule has 3 atom stereocenters. The number of carbonyl (C=O) groups excluding carboxylic acids is 1. The Hall–Kier alpha value is -2.80. The number of fused-ring (bicyclic) bond motifs is 3. The van der Waals surface area contributed by atoms with Gasteiger partial charge in [-0.05, 0) is 30.3 Å². The Morgan fingerprint density at radius 1 is 1.29 bits per heavy atom. The molecule has 0 radical (unpaired) electrons. The van der Waals surface area contributed by atoms with Crippen molar-refractivity contribution >= 4 is 11.7 Å². The minimum Gasteiger partial charge on any atom is -0.495 e. The molecular formula is C21H23FN2O4. The van der Waals surface area contributed by atoms with Crippen molar-refractivity contribution in [2.45, 2.75) is 6.04 Å². The lowest BCUT2D eigenvalue weighted by Crippen LogP contribution is -2.38. The molecule has 1 N–H and O–H groups in total. The Morgan fingerprint density at radius 3 is 2.89 bits per heavy atom. The Morgan fingerprint density at radius 2 is 2.11 bits per heavy atom. The zero-order valence-corrected chi connectivity index (χ0v) is 15.9. The lowest BCUT2D eigenvalue weighted by Gasteiger charge is -2.34. The van der Waals surface area contributed by atoms with Crippen LogP contribution in [0.4, 0.5) is 14.9 Å². The molecule has 2 aromatic rings. The van der Waals surface area contributed by atoms with Gasteiger partial charge in [-0.2, -0.15) is 0 Å². The van der Waals surface area contributed by atoms with E-state index in [4.69, 9.17) is 14.2 Å². The number of carbonyl (C=O) groups is 1. The van der Waals surface area contributed by atoms with Crippen LogP contribution in [0.5, 0.6) is 11.5 Å². The summed E-state index contributed by atoms with van der Waals surface area (Å²) in [6, 6.07) is 11.2. The normalized spacial score (nSPS) is 22.8. The van der Waals surface area contributed by atoms with Gasteiger partial charge in [0.2, 0.25) is 0 Å². The van der Waals surface area contributed by atoms with E-state index in [1.165, 1.54) is 12.1 Å². The largest absolute Gasteiger partial charge is 0.495 e. The molecule has 4 rings (SSSR count). The molecule has 148 valence electrons. The quantitative estimate of drug-likeness (QED) is 0.871. The van der Waals surface area contributed by atoms with Crippen molar-refractivity contribution in [3.63, 3.8) is 0 Å². The molecule has 0 aliphatic carbocycles. The number of rotatable bonds is 4. The lowest BCUT2D eigenvalue weighted by molar-refractivity contribution is 0.100. The van der Waals surface area contributed by atoms with Crippen LogP contribution in [0.1, 0.15) is 11.6 Å². The van der Waals surface area contributed by atoms with Crippen LogP contribution >= 0.6 is 0 Å². The molecule has 0 aromatic heterocycles. The van der Waals surface area contributed by atoms with E-state index in [2.05, 4.69) is 5.32 Å². The second kappa shape index (κ2) is 7.67. The van der Waals surface area contributed by atoms with Gasteiger partial charge in [0.25, 0.3) is 0 Å². The van der Waals surface area contributed by atoms with Crippen molar-refractivity contribution in [2.75, 3.05) is 39.3 Å². The van der Waals surface area contributed by atoms with Gasteiger partial charge in [0.1, 0.15) is 17.3 Å². The Labute approximate surface area is 163 Å². The molecule has 1 fully saturated rings. The molecule has 6 nitrogen and oxygen atoms in total. The summed E-state index contributed by atoms with van der Waals surface area (Å²) in [6.07, 6.45) is 0. The first-order valence-electron chi connectivity index (χ1n) is 9.24. The van der Waals surface area contributed by atoms with E-state index < -0.39 is 0 Å². The fourth-order valence-electron chi connectivity index (χ4n) is 4.22. The average molecular weight is 386 g/mol. The zero-order valence-electron chi connectivity index (χ0n) is 15.9. The van der Waals surface area contributed by atoms with Crippen LogP contribution in [0.2, 0.25) is 0 Å². The van der Waals surface area contributed by atoms with Crippen LogP contribution in [0.25, 0.3) is 0 Å². The fraction of sp³-hybridized carbons (Fsp3) is 0.381. The van der Waals surface area contributed by atoms with Crippen LogP contribution in [0, 0.1) is 17.7 Å². The minimum absolute atomic E-state index is 0.0395. The van der Waals surface area contributed by atoms with E-state index in [1.807, 2.05) is 12.1 Å². The molecule has 1 saturated heterocycles. The summed E-state index contributed by atoms with van der Waals surface area (Å²) in [5.74, 6) is 1.00. The van der Waals surface area contributed by atoms with Crippen molar-refractivity contribution in [3.8, 4) is 11.5 Å². The van der Waals surface area contributed by atoms with E-state index in [0.717, 1.165) is 0 Å². The highest BCUT2D eigenvalue weighted by Gasteiger charge is 2.48. The van der Waals surface area contributed by atoms with Gasteiger partial charge in [-0.25, -0.2) is 9.18 Å². The number of nitrogens with one attached hydrogen (secondary N) is 1. The summed E-state index contributed by atoms with van der Waals surface area (Å²) in [7, 11) is 3.20. The number of methoxy groups -OCH3 is 2. The SMILES string of the molecule is COC[C@@H]1CN(C(=O)Nc2ccccc2OC)[C@H]2c3cc(F)ccc3OC[C@@H]12. The Bertz CT molecular complexity index is 875. The number of halogens is 1. The van der Waals surface area contributed by atoms with Gasteiger partial charge < -0.3 is 24.4 Å². The van der Waals surface area contributed by atoms with Gasteiger partial charge in [0.05, 0.1) is 32.1 Å². The van der Waals surface area contributed by atoms with Crippen molar-refractivity contribution in [1.82, 2.24) is 4.90 Å². The predicted molar refractivity (Wildman–Crippen MR) is 102 cm³/mol. The maximum Gasteiger partial charge on any atom is 0.322 e. The van der Waals surface area contributed by atoms with Crippen molar-refractivity contribution in [3.05, 3.63) is 53.8 Å². The first-order valence-corrected chi connectivity index (χ1v) is 9.24. The van der Waals surface area contributed by atoms with Gasteiger partial charge in [-0.15, -0.1) is 0 Å². The zero-order chi connectivity index (χ0) is 19.7. The number of anilines is 1. The number of urea groups is 1. The second-order valence-electron chi connectivity index (χ2n) is 7.10. The number of ether oxygens (including phenoxy) is 3. The number of likely N-dealkylation sites (tertiary alicyclic amines) is 1. The molecule has 2 aliphatic rings. The van der Waals surface area contributed by atoms with Gasteiger partial charge in [-0.3, -0.25) is 0 Å². The molecule has 28 heavy (non-hydrogen) atoms. The number of hydrogen-bond acceptors (Lipinski definition) is 4. The molecule has 0 bridgehead atoms. The second-order valence-corrected chi connectivity index (χ2v) is 7.10. The third kappa shape index (κ3) is 3.26. The van der Waals surface area contributed by atoms with Crippen molar-refractivity contribution in [2.24, 2.45) is 11.8 Å². The van der Waals surface area contributed by atoms with Crippen molar-refractivity contribution in [1.29, 1.82) is 0 Å². The predicted octanol–water partition coefficient (Wildman–Crippen LogP) is 3.69. The Kier molecular flexibility index (Phi) is 5.09. The fourth-order valence-corrected chi connectivity index (χ4v) is 4.22. The highest BCUT2D eigenvalue weighted by molar-refractivity contribution is 5.91. The first kappa shape index (κ1) is 18.6. The van der Waals surface area contributed by atoms with Crippen LogP contribution in [-0.4, -0.2) is 44.9 Å². The topological polar surface area (TPSA) is 60.0 Å². The van der Waals surface area contributed by atoms with E-state index in [1.54, 1.807) is 37.3 Å². The molecule has 0 saturated carbocycles. The van der Waals surface area contributed by atoms with Crippen LogP contribution in [-0.2, 0) is 4.74 Å². The number of para-hydroxylation sites is 2. The summed E-state index contributed by atoms with van der Waals surface area (Å²) in [5, 5.41) is 2.93. The Balaban J connectivity index is 1.66. The van der Waals surface area contributed by atoms with Gasteiger partial charge in [-0.1, -0.05) is 12.1 Å². The number of benzene rings is 2. The highest BCUT2D eigenvalue weighted by atomic mass is 19.1. The third-order valence-electron chi connectivity index (χ3n) is 5.49. The number of amides is 2. The standard InChI is InChI=1S/C21H23FN2O4/c1-26-11-13-10-24(21(25)23-17-5-3-4-6-19(17)27-2)20-15-9-14(22)7-8-18(15)28-12-16(13)20/h3-9,13,16,20H,10-12H2,1-2H3,(H,23,25)/t13-,16-,20-/m0/s1. The average Bonchev–Trinajstić information content (AvgIpc) is 3.08. The molecule has 7 heteroatoms. The van der Waals surface area contributed by atoms with Gasteiger partial charge in [0, 0.05) is 31.1 Å². The number of hydrogen-bond donors (Lipinski definition) is 1. The smallest absolute Gasteiger partial charge is 0.322 e. The summed E-state index contributed by atoms with van der Waals surface area (Å²) in [6.45, 7) is 1.48. The summed E-state index contributed by atoms with van der Waals surface area (Å²) >= 11 is 0. The molecular weight excluding hydrogens is 363 g/mol. The molecule has 2 aromatic carbocycles. The summed E-state index contributed by atoms with van der Waals surface area (Å²) in [5.41, 5.74) is 1.29. The molecule has 2 amide bonds. The third-order valence-corrected chi connectivity index (χ3v) is 5.49. The van der Waals surface area contributed by atoms with Crippen LogP contribution in [0.3, 0.4) is 0 Å². The molecule has 2 aliphatic heterocycles. The highest BCUT2D eigenvalue weighted by Crippen LogP contribution is 2.47. The monoisotopic (exact) mass is 386 g/mol.